The van der Waals surface area contributed by atoms with Crippen LogP contribution in [0.2, 0.25) is 0 Å². The second-order valence-electron chi connectivity index (χ2n) is 7.17. The fourth-order valence-electron chi connectivity index (χ4n) is 3.14. The number of ketones is 1. The van der Waals surface area contributed by atoms with E-state index in [-0.39, 0.29) is 17.0 Å². The van der Waals surface area contributed by atoms with E-state index in [9.17, 15) is 23.6 Å². The van der Waals surface area contributed by atoms with Crippen molar-refractivity contribution in [3.05, 3.63) is 94.6 Å². The second kappa shape index (κ2) is 10.4. The number of rotatable bonds is 8. The highest BCUT2D eigenvalue weighted by molar-refractivity contribution is 6.02. The maximum atomic E-state index is 13.6. The lowest BCUT2D eigenvalue weighted by Crippen LogP contribution is -2.32. The molecule has 0 spiro atoms. The first kappa shape index (κ1) is 23.4. The van der Waals surface area contributed by atoms with Gasteiger partial charge in [-0.1, -0.05) is 30.3 Å². The summed E-state index contributed by atoms with van der Waals surface area (Å²) in [5.41, 5.74) is 4.36. The van der Waals surface area contributed by atoms with Crippen LogP contribution in [-0.2, 0) is 9.53 Å². The summed E-state index contributed by atoms with van der Waals surface area (Å²) >= 11 is 0. The molecule has 0 saturated carbocycles. The number of hydrogen-bond donors (Lipinski definition) is 2. The molecule has 33 heavy (non-hydrogen) atoms. The van der Waals surface area contributed by atoms with Gasteiger partial charge in [0.2, 0.25) is 5.78 Å². The maximum Gasteiger partial charge on any atom is 0.325 e. The summed E-state index contributed by atoms with van der Waals surface area (Å²) in [7, 11) is 0. The first-order chi connectivity index (χ1) is 15.8. The molecular weight excluding hydrogens is 429 g/mol. The van der Waals surface area contributed by atoms with Crippen LogP contribution >= 0.6 is 0 Å². The molecule has 2 aromatic carbocycles. The number of nitrogens with zero attached hydrogens (tertiary/aromatic N) is 1. The Labute approximate surface area is 189 Å². The lowest BCUT2D eigenvalue weighted by atomic mass is 10.1. The first-order valence-corrected chi connectivity index (χ1v) is 10.0. The molecule has 0 aliphatic carbocycles. The van der Waals surface area contributed by atoms with Gasteiger partial charge in [-0.15, -0.1) is 0 Å². The summed E-state index contributed by atoms with van der Waals surface area (Å²) in [6.45, 7) is 2.30. The molecule has 0 bridgehead atoms. The molecule has 0 unspecified atom stereocenters. The molecule has 0 radical (unpaired) electrons. The van der Waals surface area contributed by atoms with Gasteiger partial charge in [-0.25, -0.2) is 4.39 Å². The Morgan fingerprint density at radius 1 is 0.909 bits per heavy atom. The predicted molar refractivity (Wildman–Crippen MR) is 118 cm³/mol. The van der Waals surface area contributed by atoms with Crippen molar-refractivity contribution in [3.63, 3.8) is 0 Å². The van der Waals surface area contributed by atoms with Gasteiger partial charge < -0.3 is 10.1 Å². The molecule has 3 aromatic rings. The van der Waals surface area contributed by atoms with E-state index in [4.69, 9.17) is 4.74 Å². The molecule has 2 N–H and O–H groups in total. The van der Waals surface area contributed by atoms with E-state index in [1.54, 1.807) is 50.2 Å². The van der Waals surface area contributed by atoms with Crippen LogP contribution in [0.4, 0.5) is 4.39 Å². The van der Waals surface area contributed by atoms with Gasteiger partial charge in [-0.3, -0.25) is 29.3 Å². The molecule has 1 aromatic heterocycles. The van der Waals surface area contributed by atoms with Crippen molar-refractivity contribution in [3.8, 4) is 0 Å². The van der Waals surface area contributed by atoms with E-state index in [1.807, 2.05) is 0 Å². The smallest absolute Gasteiger partial charge is 0.325 e. The molecule has 0 aliphatic rings. The van der Waals surface area contributed by atoms with Gasteiger partial charge >= 0.3 is 5.97 Å². The number of carbonyl (C=O) groups excluding carboxylic acids is 4. The summed E-state index contributed by atoms with van der Waals surface area (Å²) in [6.07, 6.45) is 0. The van der Waals surface area contributed by atoms with Crippen molar-refractivity contribution in [1.29, 1.82) is 0 Å². The molecule has 0 atom stereocenters. The largest absolute Gasteiger partial charge is 0.456 e. The zero-order valence-electron chi connectivity index (χ0n) is 18.1. The van der Waals surface area contributed by atoms with Gasteiger partial charge in [-0.2, -0.15) is 0 Å². The molecule has 170 valence electrons. The third kappa shape index (κ3) is 5.70. The highest BCUT2D eigenvalue weighted by atomic mass is 19.1. The molecule has 0 fully saturated rings. The number of hydrogen-bond acceptors (Lipinski definition) is 5. The quantitative estimate of drug-likeness (QED) is 0.405. The Balaban J connectivity index is 1.55. The topological polar surface area (TPSA) is 106 Å². The molecule has 9 heteroatoms. The van der Waals surface area contributed by atoms with Crippen LogP contribution in [-0.4, -0.2) is 41.4 Å². The summed E-state index contributed by atoms with van der Waals surface area (Å²) in [4.78, 5) is 48.8. The lowest BCUT2D eigenvalue weighted by molar-refractivity contribution is -0.141. The van der Waals surface area contributed by atoms with Gasteiger partial charge in [0.25, 0.3) is 11.8 Å². The summed E-state index contributed by atoms with van der Waals surface area (Å²) in [5, 5.41) is 2.25. The molecule has 0 aliphatic heterocycles. The van der Waals surface area contributed by atoms with Gasteiger partial charge in [0.1, 0.15) is 12.4 Å². The average molecular weight is 451 g/mol. The third-order valence-electron chi connectivity index (χ3n) is 4.86. The number of ether oxygens (including phenoxy) is 1. The SMILES string of the molecule is Cc1cc(C(=O)COC(=O)CNC(=O)c2ccccc2F)c(C)n1NC(=O)c1ccccc1. The lowest BCUT2D eigenvalue weighted by Gasteiger charge is -2.12. The number of carbonyl (C=O) groups is 4. The molecular formula is C24H22FN3O5. The molecule has 8 nitrogen and oxygen atoms in total. The minimum absolute atomic E-state index is 0.202. The number of amides is 2. The Morgan fingerprint density at radius 2 is 1.58 bits per heavy atom. The van der Waals surface area contributed by atoms with E-state index in [2.05, 4.69) is 10.7 Å². The minimum Gasteiger partial charge on any atom is -0.456 e. The van der Waals surface area contributed by atoms with Gasteiger partial charge in [-0.05, 0) is 44.2 Å². The molecule has 0 saturated heterocycles. The normalized spacial score (nSPS) is 10.4. The monoisotopic (exact) mass is 451 g/mol. The first-order valence-electron chi connectivity index (χ1n) is 10.0. The van der Waals surface area contributed by atoms with Gasteiger partial charge in [0.15, 0.2) is 6.61 Å². The summed E-state index contributed by atoms with van der Waals surface area (Å²) < 4.78 is 20.0. The standard InChI is InChI=1S/C24H22FN3O5/c1-15-12-19(16(2)28(15)27-23(31)17-8-4-3-5-9-17)21(29)14-33-22(30)13-26-24(32)18-10-6-7-11-20(18)25/h3-12H,13-14H2,1-2H3,(H,26,32)(H,27,31). The number of Topliss-reactive ketones (excluding diaryl/α,β-unsaturated/α-hetero) is 1. The minimum atomic E-state index is -0.848. The molecule has 3 rings (SSSR count). The number of esters is 1. The predicted octanol–water partition coefficient (Wildman–Crippen LogP) is 2.78. The van der Waals surface area contributed by atoms with E-state index >= 15 is 0 Å². The molecule has 1 heterocycles. The summed E-state index contributed by atoms with van der Waals surface area (Å²) in [5.74, 6) is -3.15. The maximum absolute atomic E-state index is 13.6. The van der Waals surface area contributed by atoms with E-state index in [1.165, 1.54) is 22.9 Å². The van der Waals surface area contributed by atoms with Crippen molar-refractivity contribution in [2.75, 3.05) is 18.6 Å². The number of benzene rings is 2. The van der Waals surface area contributed by atoms with Crippen molar-refractivity contribution in [2.24, 2.45) is 0 Å². The van der Waals surface area contributed by atoms with Crippen molar-refractivity contribution < 1.29 is 28.3 Å². The van der Waals surface area contributed by atoms with E-state index in [0.29, 0.717) is 17.0 Å². The number of nitrogens with one attached hydrogen (secondary N) is 2. The molecule has 2 amide bonds. The van der Waals surface area contributed by atoms with Crippen LogP contribution in [0.25, 0.3) is 0 Å². The van der Waals surface area contributed by atoms with Crippen molar-refractivity contribution in [2.45, 2.75) is 13.8 Å². The van der Waals surface area contributed by atoms with Crippen LogP contribution < -0.4 is 10.7 Å². The van der Waals surface area contributed by atoms with Crippen molar-refractivity contribution in [1.82, 2.24) is 9.99 Å². The van der Waals surface area contributed by atoms with Crippen LogP contribution in [0.3, 0.4) is 0 Å². The van der Waals surface area contributed by atoms with E-state index in [0.717, 1.165) is 6.07 Å². The highest BCUT2D eigenvalue weighted by Crippen LogP contribution is 2.15. The van der Waals surface area contributed by atoms with Crippen LogP contribution in [0, 0.1) is 19.7 Å². The van der Waals surface area contributed by atoms with Crippen molar-refractivity contribution >= 4 is 23.6 Å². The number of aryl methyl sites for hydroxylation is 1. The Morgan fingerprint density at radius 3 is 2.27 bits per heavy atom. The fraction of sp³-hybridized carbons (Fsp3) is 0.167. The Bertz CT molecular complexity index is 1200. The Hall–Kier alpha value is -4.27. The third-order valence-corrected chi connectivity index (χ3v) is 4.86. The van der Waals surface area contributed by atoms with Crippen LogP contribution in [0.15, 0.2) is 60.7 Å². The van der Waals surface area contributed by atoms with Crippen LogP contribution in [0.5, 0.6) is 0 Å². The zero-order valence-corrected chi connectivity index (χ0v) is 18.1. The Kier molecular flexibility index (Phi) is 7.34. The van der Waals surface area contributed by atoms with Gasteiger partial charge in [0.05, 0.1) is 5.56 Å². The zero-order chi connectivity index (χ0) is 24.0. The second-order valence-corrected chi connectivity index (χ2v) is 7.17. The van der Waals surface area contributed by atoms with Crippen LogP contribution in [0.1, 0.15) is 42.5 Å². The number of aromatic nitrogens is 1. The van der Waals surface area contributed by atoms with Gasteiger partial charge in [0, 0.05) is 22.5 Å². The number of halogens is 1. The fourth-order valence-corrected chi connectivity index (χ4v) is 3.14. The average Bonchev–Trinajstić information content (AvgIpc) is 3.10. The highest BCUT2D eigenvalue weighted by Gasteiger charge is 2.19. The van der Waals surface area contributed by atoms with E-state index < -0.39 is 36.6 Å². The summed E-state index contributed by atoms with van der Waals surface area (Å²) in [6, 6.07) is 15.5.